The van der Waals surface area contributed by atoms with Crippen molar-refractivity contribution < 1.29 is 17.9 Å². The van der Waals surface area contributed by atoms with Gasteiger partial charge < -0.3 is 10.5 Å². The number of nitrogens with two attached hydrogens (primary N) is 1. The van der Waals surface area contributed by atoms with Gasteiger partial charge in [-0.05, 0) is 39.0 Å². The zero-order valence-electron chi connectivity index (χ0n) is 9.45. The summed E-state index contributed by atoms with van der Waals surface area (Å²) >= 11 is 4.71. The Morgan fingerprint density at radius 1 is 1.26 bits per heavy atom. The summed E-state index contributed by atoms with van der Waals surface area (Å²) in [6.45, 7) is 0. The van der Waals surface area contributed by atoms with E-state index in [4.69, 9.17) is 5.73 Å². The fourth-order valence-electron chi connectivity index (χ4n) is 1.62. The van der Waals surface area contributed by atoms with Crippen molar-refractivity contribution in [2.45, 2.75) is 12.4 Å². The van der Waals surface area contributed by atoms with E-state index in [0.29, 0.717) is 5.56 Å². The van der Waals surface area contributed by atoms with Crippen molar-refractivity contribution in [1.29, 1.82) is 0 Å². The van der Waals surface area contributed by atoms with E-state index in [-0.39, 0.29) is 5.75 Å². The third-order valence-electron chi connectivity index (χ3n) is 2.43. The Labute approximate surface area is 120 Å². The van der Waals surface area contributed by atoms with Crippen LogP contribution in [0.1, 0.15) is 17.2 Å². The molecule has 1 aromatic heterocycles. The van der Waals surface area contributed by atoms with Crippen molar-refractivity contribution >= 4 is 27.3 Å². The summed E-state index contributed by atoms with van der Waals surface area (Å²) in [5.41, 5.74) is 7.02. The summed E-state index contributed by atoms with van der Waals surface area (Å²) in [6, 6.07) is 6.99. The Hall–Kier alpha value is -1.05. The summed E-state index contributed by atoms with van der Waals surface area (Å²) in [5, 5.41) is 1.79. The van der Waals surface area contributed by atoms with Crippen LogP contribution in [0.5, 0.6) is 5.75 Å². The van der Waals surface area contributed by atoms with Crippen LogP contribution in [0.15, 0.2) is 39.5 Å². The lowest BCUT2D eigenvalue weighted by atomic mass is 10.0. The van der Waals surface area contributed by atoms with Gasteiger partial charge in [-0.15, -0.1) is 24.5 Å². The fraction of sp³-hybridized carbons (Fsp3) is 0.167. The first kappa shape index (κ1) is 14.4. The van der Waals surface area contributed by atoms with Crippen molar-refractivity contribution in [2.24, 2.45) is 5.73 Å². The summed E-state index contributed by atoms with van der Waals surface area (Å²) in [7, 11) is 0. The Kier molecular flexibility index (Phi) is 4.17. The van der Waals surface area contributed by atoms with Crippen LogP contribution in [0.3, 0.4) is 0 Å². The zero-order chi connectivity index (χ0) is 14.0. The van der Waals surface area contributed by atoms with E-state index in [1.165, 1.54) is 29.5 Å². The molecule has 1 heterocycles. The van der Waals surface area contributed by atoms with E-state index in [1.54, 1.807) is 17.5 Å². The summed E-state index contributed by atoms with van der Waals surface area (Å²) < 4.78 is 41.8. The van der Waals surface area contributed by atoms with Gasteiger partial charge in [-0.2, -0.15) is 0 Å². The van der Waals surface area contributed by atoms with Crippen molar-refractivity contribution in [3.8, 4) is 5.75 Å². The number of benzene rings is 1. The monoisotopic (exact) mass is 351 g/mol. The van der Waals surface area contributed by atoms with E-state index in [9.17, 15) is 13.2 Å². The minimum Gasteiger partial charge on any atom is -0.405 e. The molecule has 1 aromatic carbocycles. The molecular formula is C12H9BrF3NOS. The molecule has 0 saturated carbocycles. The SMILES string of the molecule is NC(c1csc(Br)c1)c1ccccc1OC(F)(F)F. The highest BCUT2D eigenvalue weighted by Gasteiger charge is 2.32. The number of ether oxygens (including phenoxy) is 1. The lowest BCUT2D eigenvalue weighted by Gasteiger charge is -2.17. The van der Waals surface area contributed by atoms with Gasteiger partial charge in [0.25, 0.3) is 0 Å². The van der Waals surface area contributed by atoms with Crippen LogP contribution in [-0.4, -0.2) is 6.36 Å². The van der Waals surface area contributed by atoms with Crippen LogP contribution in [0.4, 0.5) is 13.2 Å². The van der Waals surface area contributed by atoms with Crippen molar-refractivity contribution in [2.75, 3.05) is 0 Å². The molecule has 0 spiro atoms. The second-order valence-corrected chi connectivity index (χ2v) is 6.04. The first-order valence-corrected chi connectivity index (χ1v) is 6.88. The van der Waals surface area contributed by atoms with E-state index in [2.05, 4.69) is 20.7 Å². The molecule has 0 saturated heterocycles. The standard InChI is InChI=1S/C12H9BrF3NOS/c13-10-5-7(6-19-10)11(17)8-3-1-2-4-9(8)18-12(14,15)16/h1-6,11H,17H2. The maximum atomic E-state index is 12.3. The summed E-state index contributed by atoms with van der Waals surface area (Å²) in [4.78, 5) is 0. The molecule has 0 bridgehead atoms. The molecule has 1 atom stereocenters. The average Bonchev–Trinajstić information content (AvgIpc) is 2.74. The molecule has 102 valence electrons. The van der Waals surface area contributed by atoms with E-state index in [1.807, 2.05) is 0 Å². The second kappa shape index (κ2) is 5.52. The van der Waals surface area contributed by atoms with Crippen LogP contribution in [-0.2, 0) is 0 Å². The van der Waals surface area contributed by atoms with E-state index >= 15 is 0 Å². The van der Waals surface area contributed by atoms with Gasteiger partial charge in [0, 0.05) is 5.56 Å². The number of hydrogen-bond donors (Lipinski definition) is 1. The molecule has 2 rings (SSSR count). The molecule has 2 aromatic rings. The minimum atomic E-state index is -4.73. The quantitative estimate of drug-likeness (QED) is 0.885. The molecule has 2 nitrogen and oxygen atoms in total. The second-order valence-electron chi connectivity index (χ2n) is 3.75. The number of alkyl halides is 3. The molecule has 0 aliphatic heterocycles. The lowest BCUT2D eigenvalue weighted by Crippen LogP contribution is -2.20. The maximum absolute atomic E-state index is 12.3. The average molecular weight is 352 g/mol. The largest absolute Gasteiger partial charge is 0.573 e. The molecular weight excluding hydrogens is 343 g/mol. The van der Waals surface area contributed by atoms with Gasteiger partial charge in [-0.1, -0.05) is 18.2 Å². The van der Waals surface area contributed by atoms with Crippen molar-refractivity contribution in [3.63, 3.8) is 0 Å². The number of halogens is 4. The predicted octanol–water partition coefficient (Wildman–Crippen LogP) is 4.46. The van der Waals surface area contributed by atoms with Crippen LogP contribution in [0, 0.1) is 0 Å². The van der Waals surface area contributed by atoms with Crippen molar-refractivity contribution in [1.82, 2.24) is 0 Å². The first-order chi connectivity index (χ1) is 8.87. The van der Waals surface area contributed by atoms with Crippen LogP contribution < -0.4 is 10.5 Å². The topological polar surface area (TPSA) is 35.2 Å². The molecule has 0 fully saturated rings. The molecule has 0 aliphatic carbocycles. The Bertz CT molecular complexity index is 570. The van der Waals surface area contributed by atoms with Gasteiger partial charge in [0.2, 0.25) is 0 Å². The third-order valence-corrected chi connectivity index (χ3v) is 3.95. The molecule has 0 amide bonds. The molecule has 1 unspecified atom stereocenters. The Morgan fingerprint density at radius 2 is 1.95 bits per heavy atom. The zero-order valence-corrected chi connectivity index (χ0v) is 11.8. The van der Waals surface area contributed by atoms with Crippen LogP contribution in [0.25, 0.3) is 0 Å². The number of thiophene rings is 1. The van der Waals surface area contributed by atoms with E-state index < -0.39 is 12.4 Å². The summed E-state index contributed by atoms with van der Waals surface area (Å²) in [6.07, 6.45) is -4.73. The molecule has 0 aliphatic rings. The highest BCUT2D eigenvalue weighted by atomic mass is 79.9. The lowest BCUT2D eigenvalue weighted by molar-refractivity contribution is -0.274. The van der Waals surface area contributed by atoms with Gasteiger partial charge in [0.05, 0.1) is 9.83 Å². The Balaban J connectivity index is 2.34. The highest BCUT2D eigenvalue weighted by molar-refractivity contribution is 9.11. The minimum absolute atomic E-state index is 0.273. The summed E-state index contributed by atoms with van der Waals surface area (Å²) in [5.74, 6) is -0.273. The number of rotatable bonds is 3. The highest BCUT2D eigenvalue weighted by Crippen LogP contribution is 2.34. The fourth-order valence-corrected chi connectivity index (χ4v) is 2.83. The van der Waals surface area contributed by atoms with Gasteiger partial charge in [-0.25, -0.2) is 0 Å². The molecule has 19 heavy (non-hydrogen) atoms. The van der Waals surface area contributed by atoms with Gasteiger partial charge in [0.1, 0.15) is 5.75 Å². The van der Waals surface area contributed by atoms with Crippen LogP contribution in [0.2, 0.25) is 0 Å². The smallest absolute Gasteiger partial charge is 0.405 e. The first-order valence-electron chi connectivity index (χ1n) is 5.21. The predicted molar refractivity (Wildman–Crippen MR) is 71.2 cm³/mol. The van der Waals surface area contributed by atoms with E-state index in [0.717, 1.165) is 9.35 Å². The van der Waals surface area contributed by atoms with Gasteiger partial charge >= 0.3 is 6.36 Å². The maximum Gasteiger partial charge on any atom is 0.573 e. The normalized spacial score (nSPS) is 13.3. The van der Waals surface area contributed by atoms with Gasteiger partial charge in [0.15, 0.2) is 0 Å². The van der Waals surface area contributed by atoms with Gasteiger partial charge in [-0.3, -0.25) is 0 Å². The molecule has 7 heteroatoms. The molecule has 2 N–H and O–H groups in total. The Morgan fingerprint density at radius 3 is 2.53 bits per heavy atom. The number of hydrogen-bond acceptors (Lipinski definition) is 3. The third kappa shape index (κ3) is 3.71. The van der Waals surface area contributed by atoms with Crippen LogP contribution >= 0.6 is 27.3 Å². The number of para-hydroxylation sites is 1. The van der Waals surface area contributed by atoms with Crippen molar-refractivity contribution in [3.05, 3.63) is 50.6 Å². The molecule has 0 radical (unpaired) electrons.